The molecule has 0 aliphatic carbocycles. The van der Waals surface area contributed by atoms with E-state index < -0.39 is 5.97 Å². The second kappa shape index (κ2) is 4.65. The van der Waals surface area contributed by atoms with Crippen LogP contribution in [0.5, 0.6) is 0 Å². The topological polar surface area (TPSA) is 49.3 Å². The maximum atomic E-state index is 12.7. The lowest BCUT2D eigenvalue weighted by Crippen LogP contribution is -2.02. The zero-order valence-electron chi connectivity index (χ0n) is 8.85. The molecule has 86 valence electrons. The van der Waals surface area contributed by atoms with Crippen LogP contribution in [0.15, 0.2) is 48.5 Å². The Hall–Kier alpha value is -2.36. The van der Waals surface area contributed by atoms with Crippen molar-refractivity contribution in [2.75, 3.05) is 5.32 Å². The number of benzene rings is 2. The fourth-order valence-electron chi connectivity index (χ4n) is 1.47. The van der Waals surface area contributed by atoms with Crippen LogP contribution in [0.4, 0.5) is 15.8 Å². The molecule has 0 saturated heterocycles. The minimum atomic E-state index is -1.00. The molecule has 0 fully saturated rings. The predicted octanol–water partition coefficient (Wildman–Crippen LogP) is 3.27. The summed E-state index contributed by atoms with van der Waals surface area (Å²) in [5.74, 6) is -1.34. The largest absolute Gasteiger partial charge is 0.478 e. The van der Waals surface area contributed by atoms with Crippen molar-refractivity contribution in [3.8, 4) is 0 Å². The van der Waals surface area contributed by atoms with Gasteiger partial charge in [-0.05, 0) is 36.4 Å². The second-order valence-electron chi connectivity index (χ2n) is 3.48. The quantitative estimate of drug-likeness (QED) is 0.852. The van der Waals surface area contributed by atoms with Gasteiger partial charge in [0.05, 0.1) is 11.3 Å². The van der Waals surface area contributed by atoms with Crippen molar-refractivity contribution >= 4 is 17.3 Å². The lowest BCUT2D eigenvalue weighted by Gasteiger charge is -2.09. The molecule has 0 aliphatic heterocycles. The molecule has 0 heterocycles. The average Bonchev–Trinajstić information content (AvgIpc) is 2.32. The number of carbonyl (C=O) groups is 1. The van der Waals surface area contributed by atoms with E-state index in [1.165, 1.54) is 18.2 Å². The normalized spacial score (nSPS) is 9.94. The van der Waals surface area contributed by atoms with Gasteiger partial charge in [-0.2, -0.15) is 0 Å². The molecule has 0 radical (unpaired) electrons. The molecular formula is C13H10FNO2. The summed E-state index contributed by atoms with van der Waals surface area (Å²) in [5, 5.41) is 11.9. The number of carboxylic acid groups (broad SMARTS) is 1. The van der Waals surface area contributed by atoms with Crippen LogP contribution in [-0.2, 0) is 0 Å². The van der Waals surface area contributed by atoms with Crippen LogP contribution >= 0.6 is 0 Å². The second-order valence-corrected chi connectivity index (χ2v) is 3.48. The van der Waals surface area contributed by atoms with Crippen LogP contribution in [0.1, 0.15) is 10.4 Å². The Kier molecular flexibility index (Phi) is 3.05. The zero-order valence-corrected chi connectivity index (χ0v) is 8.85. The summed E-state index contributed by atoms with van der Waals surface area (Å²) in [4.78, 5) is 11.0. The van der Waals surface area contributed by atoms with E-state index in [0.29, 0.717) is 11.4 Å². The summed E-state index contributed by atoms with van der Waals surface area (Å²) in [6.07, 6.45) is 0. The number of rotatable bonds is 3. The first-order valence-corrected chi connectivity index (χ1v) is 5.02. The Bertz CT molecular complexity index is 537. The van der Waals surface area contributed by atoms with Crippen molar-refractivity contribution < 1.29 is 14.3 Å². The van der Waals surface area contributed by atoms with E-state index in [1.807, 2.05) is 0 Å². The maximum absolute atomic E-state index is 12.7. The molecule has 2 N–H and O–H groups in total. The number of para-hydroxylation sites is 1. The highest BCUT2D eigenvalue weighted by Gasteiger charge is 2.08. The lowest BCUT2D eigenvalue weighted by molar-refractivity contribution is 0.0698. The Labute approximate surface area is 97.5 Å². The van der Waals surface area contributed by atoms with E-state index in [1.54, 1.807) is 30.3 Å². The summed E-state index contributed by atoms with van der Waals surface area (Å²) >= 11 is 0. The minimum Gasteiger partial charge on any atom is -0.478 e. The monoisotopic (exact) mass is 231 g/mol. The molecule has 0 aliphatic rings. The highest BCUT2D eigenvalue weighted by atomic mass is 19.1. The van der Waals surface area contributed by atoms with Crippen molar-refractivity contribution in [3.05, 3.63) is 59.9 Å². The third kappa shape index (κ3) is 2.60. The smallest absolute Gasteiger partial charge is 0.337 e. The number of halogens is 1. The molecule has 4 heteroatoms. The van der Waals surface area contributed by atoms with Crippen LogP contribution < -0.4 is 5.32 Å². The molecular weight excluding hydrogens is 221 g/mol. The molecule has 2 aromatic carbocycles. The number of anilines is 2. The molecule has 0 bridgehead atoms. The molecule has 2 rings (SSSR count). The molecule has 0 amide bonds. The maximum Gasteiger partial charge on any atom is 0.337 e. The molecule has 0 unspecified atom stereocenters. The summed E-state index contributed by atoms with van der Waals surface area (Å²) in [5.41, 5.74) is 1.29. The van der Waals surface area contributed by atoms with Crippen LogP contribution in [-0.4, -0.2) is 11.1 Å². The van der Waals surface area contributed by atoms with Gasteiger partial charge < -0.3 is 10.4 Å². The third-order valence-corrected chi connectivity index (χ3v) is 2.28. The lowest BCUT2D eigenvalue weighted by atomic mass is 10.1. The number of hydrogen-bond donors (Lipinski definition) is 2. The van der Waals surface area contributed by atoms with Crippen LogP contribution in [0.3, 0.4) is 0 Å². The van der Waals surface area contributed by atoms with E-state index in [4.69, 9.17) is 5.11 Å². The van der Waals surface area contributed by atoms with Gasteiger partial charge >= 0.3 is 5.97 Å². The van der Waals surface area contributed by atoms with E-state index in [0.717, 1.165) is 0 Å². The van der Waals surface area contributed by atoms with Gasteiger partial charge in [-0.25, -0.2) is 9.18 Å². The van der Waals surface area contributed by atoms with Crippen LogP contribution in [0.25, 0.3) is 0 Å². The van der Waals surface area contributed by atoms with Crippen molar-refractivity contribution in [1.29, 1.82) is 0 Å². The fourth-order valence-corrected chi connectivity index (χ4v) is 1.47. The van der Waals surface area contributed by atoms with Gasteiger partial charge in [-0.15, -0.1) is 0 Å². The van der Waals surface area contributed by atoms with Crippen molar-refractivity contribution in [2.24, 2.45) is 0 Å². The molecule has 0 atom stereocenters. The number of nitrogens with one attached hydrogen (secondary N) is 1. The van der Waals surface area contributed by atoms with Gasteiger partial charge in [-0.1, -0.05) is 12.1 Å². The van der Waals surface area contributed by atoms with E-state index in [-0.39, 0.29) is 11.4 Å². The number of hydrogen-bond acceptors (Lipinski definition) is 2. The standard InChI is InChI=1S/C13H10FNO2/c14-9-5-7-10(8-6-9)15-12-4-2-1-3-11(12)13(16)17/h1-8,15H,(H,16,17). The first kappa shape index (κ1) is 11.1. The summed E-state index contributed by atoms with van der Waals surface area (Å²) < 4.78 is 12.7. The third-order valence-electron chi connectivity index (χ3n) is 2.28. The Morgan fingerprint density at radius 3 is 2.35 bits per heavy atom. The van der Waals surface area contributed by atoms with Gasteiger partial charge in [-0.3, -0.25) is 0 Å². The molecule has 0 aromatic heterocycles. The SMILES string of the molecule is O=C(O)c1ccccc1Nc1ccc(F)cc1. The van der Waals surface area contributed by atoms with E-state index >= 15 is 0 Å². The van der Waals surface area contributed by atoms with Crippen LogP contribution in [0, 0.1) is 5.82 Å². The minimum absolute atomic E-state index is 0.178. The average molecular weight is 231 g/mol. The van der Waals surface area contributed by atoms with E-state index in [2.05, 4.69) is 5.32 Å². The van der Waals surface area contributed by atoms with Gasteiger partial charge in [0.1, 0.15) is 5.82 Å². The first-order chi connectivity index (χ1) is 8.16. The van der Waals surface area contributed by atoms with Crippen molar-refractivity contribution in [2.45, 2.75) is 0 Å². The van der Waals surface area contributed by atoms with Crippen LogP contribution in [0.2, 0.25) is 0 Å². The molecule has 17 heavy (non-hydrogen) atoms. The Morgan fingerprint density at radius 2 is 1.71 bits per heavy atom. The number of carboxylic acids is 1. The van der Waals surface area contributed by atoms with Gasteiger partial charge in [0.2, 0.25) is 0 Å². The highest BCUT2D eigenvalue weighted by Crippen LogP contribution is 2.20. The van der Waals surface area contributed by atoms with Crippen molar-refractivity contribution in [3.63, 3.8) is 0 Å². The molecule has 0 saturated carbocycles. The molecule has 0 spiro atoms. The number of aromatic carboxylic acids is 1. The van der Waals surface area contributed by atoms with E-state index in [9.17, 15) is 9.18 Å². The van der Waals surface area contributed by atoms with Crippen molar-refractivity contribution in [1.82, 2.24) is 0 Å². The zero-order chi connectivity index (χ0) is 12.3. The highest BCUT2D eigenvalue weighted by molar-refractivity contribution is 5.95. The molecule has 2 aromatic rings. The predicted molar refractivity (Wildman–Crippen MR) is 63.1 cm³/mol. The fraction of sp³-hybridized carbons (Fsp3) is 0. The first-order valence-electron chi connectivity index (χ1n) is 5.02. The Balaban J connectivity index is 2.30. The summed E-state index contributed by atoms with van der Waals surface area (Å²) in [6, 6.07) is 12.3. The van der Waals surface area contributed by atoms with Gasteiger partial charge in [0, 0.05) is 5.69 Å². The van der Waals surface area contributed by atoms with Gasteiger partial charge in [0.25, 0.3) is 0 Å². The summed E-state index contributed by atoms with van der Waals surface area (Å²) in [7, 11) is 0. The van der Waals surface area contributed by atoms with Gasteiger partial charge in [0.15, 0.2) is 0 Å². The summed E-state index contributed by atoms with van der Waals surface area (Å²) in [6.45, 7) is 0. The molecule has 3 nitrogen and oxygen atoms in total. The Morgan fingerprint density at radius 1 is 1.06 bits per heavy atom.